The highest BCUT2D eigenvalue weighted by Gasteiger charge is 2.22. The molecule has 0 saturated carbocycles. The SMILES string of the molecule is Cc1ccc2c(CCNS(=O)(=O)N(C)C(C)CC#N)cn(C)c2c1. The Hall–Kier alpha value is -1.88. The summed E-state index contributed by atoms with van der Waals surface area (Å²) in [4.78, 5) is 0. The minimum atomic E-state index is -3.58. The van der Waals surface area contributed by atoms with Gasteiger partial charge in [-0.05, 0) is 37.5 Å². The van der Waals surface area contributed by atoms with Crippen LogP contribution < -0.4 is 4.72 Å². The zero-order valence-electron chi connectivity index (χ0n) is 14.6. The molecular formula is C17H24N4O2S. The quantitative estimate of drug-likeness (QED) is 0.832. The monoisotopic (exact) mass is 348 g/mol. The van der Waals surface area contributed by atoms with Crippen molar-refractivity contribution in [1.82, 2.24) is 13.6 Å². The molecule has 0 aliphatic carbocycles. The second kappa shape index (κ2) is 7.34. The van der Waals surface area contributed by atoms with E-state index in [0.29, 0.717) is 13.0 Å². The third-order valence-corrected chi connectivity index (χ3v) is 5.98. The first-order chi connectivity index (χ1) is 11.3. The average Bonchev–Trinajstić information content (AvgIpc) is 2.82. The number of aryl methyl sites for hydroxylation is 2. The molecule has 7 heteroatoms. The molecule has 1 aromatic heterocycles. The maximum atomic E-state index is 12.3. The number of hydrogen-bond donors (Lipinski definition) is 1. The minimum absolute atomic E-state index is 0.167. The van der Waals surface area contributed by atoms with Gasteiger partial charge in [-0.3, -0.25) is 0 Å². The molecule has 1 atom stereocenters. The fourth-order valence-electron chi connectivity index (χ4n) is 2.69. The van der Waals surface area contributed by atoms with Crippen molar-refractivity contribution in [3.63, 3.8) is 0 Å². The second-order valence-corrected chi connectivity index (χ2v) is 7.98. The molecule has 0 spiro atoms. The molecule has 0 fully saturated rings. The van der Waals surface area contributed by atoms with E-state index in [1.165, 1.54) is 16.9 Å². The van der Waals surface area contributed by atoms with E-state index in [1.54, 1.807) is 6.92 Å². The number of rotatable bonds is 7. The van der Waals surface area contributed by atoms with Gasteiger partial charge < -0.3 is 4.57 Å². The molecule has 0 saturated heterocycles. The summed E-state index contributed by atoms with van der Waals surface area (Å²) in [7, 11) is -0.0957. The van der Waals surface area contributed by atoms with Crippen molar-refractivity contribution in [2.45, 2.75) is 32.7 Å². The van der Waals surface area contributed by atoms with Gasteiger partial charge in [-0.25, -0.2) is 4.72 Å². The van der Waals surface area contributed by atoms with Crippen molar-refractivity contribution in [2.75, 3.05) is 13.6 Å². The summed E-state index contributed by atoms with van der Waals surface area (Å²) in [6.07, 6.45) is 2.82. The van der Waals surface area contributed by atoms with Crippen molar-refractivity contribution in [1.29, 1.82) is 5.26 Å². The standard InChI is InChI=1S/C17H24N4O2S/c1-13-5-6-16-15(12-20(3)17(16)11-13)8-10-19-24(22,23)21(4)14(2)7-9-18/h5-6,11-12,14,19H,7-8,10H2,1-4H3. The van der Waals surface area contributed by atoms with Gasteiger partial charge in [0.2, 0.25) is 0 Å². The highest BCUT2D eigenvalue weighted by atomic mass is 32.2. The number of fused-ring (bicyclic) bond motifs is 1. The van der Waals surface area contributed by atoms with E-state index in [2.05, 4.69) is 34.4 Å². The second-order valence-electron chi connectivity index (χ2n) is 6.16. The maximum absolute atomic E-state index is 12.3. The Kier molecular flexibility index (Phi) is 5.65. The Bertz CT molecular complexity index is 865. The van der Waals surface area contributed by atoms with Gasteiger partial charge >= 0.3 is 0 Å². The molecule has 24 heavy (non-hydrogen) atoms. The van der Waals surface area contributed by atoms with E-state index >= 15 is 0 Å². The van der Waals surface area contributed by atoms with Gasteiger partial charge in [0, 0.05) is 43.8 Å². The minimum Gasteiger partial charge on any atom is -0.350 e. The molecule has 0 aliphatic rings. The van der Waals surface area contributed by atoms with Crippen molar-refractivity contribution < 1.29 is 8.42 Å². The number of nitriles is 1. The Morgan fingerprint density at radius 2 is 2.12 bits per heavy atom. The Labute approximate surface area is 143 Å². The summed E-state index contributed by atoms with van der Waals surface area (Å²) in [5, 5.41) is 9.85. The van der Waals surface area contributed by atoms with Crippen LogP contribution >= 0.6 is 0 Å². The normalized spacial score (nSPS) is 13.3. The van der Waals surface area contributed by atoms with E-state index in [9.17, 15) is 8.42 Å². The molecule has 0 radical (unpaired) electrons. The van der Waals surface area contributed by atoms with Crippen LogP contribution in [-0.2, 0) is 23.7 Å². The van der Waals surface area contributed by atoms with Gasteiger partial charge in [0.25, 0.3) is 10.2 Å². The lowest BCUT2D eigenvalue weighted by molar-refractivity contribution is 0.386. The van der Waals surface area contributed by atoms with Gasteiger partial charge in [0.05, 0.1) is 12.5 Å². The summed E-state index contributed by atoms with van der Waals surface area (Å²) >= 11 is 0. The fourth-order valence-corrected chi connectivity index (χ4v) is 3.80. The van der Waals surface area contributed by atoms with Gasteiger partial charge in [-0.15, -0.1) is 0 Å². The summed E-state index contributed by atoms with van der Waals surface area (Å²) in [6.45, 7) is 4.09. The van der Waals surface area contributed by atoms with Crippen LogP contribution in [0.1, 0.15) is 24.5 Å². The van der Waals surface area contributed by atoms with Gasteiger partial charge in [0.15, 0.2) is 0 Å². The summed E-state index contributed by atoms with van der Waals surface area (Å²) in [6, 6.07) is 7.91. The predicted molar refractivity (Wildman–Crippen MR) is 95.7 cm³/mol. The lowest BCUT2D eigenvalue weighted by Gasteiger charge is -2.22. The molecule has 1 unspecified atom stereocenters. The van der Waals surface area contributed by atoms with Gasteiger partial charge in [0.1, 0.15) is 0 Å². The Morgan fingerprint density at radius 3 is 2.79 bits per heavy atom. The Balaban J connectivity index is 2.06. The van der Waals surface area contributed by atoms with E-state index in [0.717, 1.165) is 16.5 Å². The van der Waals surface area contributed by atoms with Gasteiger partial charge in [-0.1, -0.05) is 12.1 Å². The molecule has 6 nitrogen and oxygen atoms in total. The lowest BCUT2D eigenvalue weighted by Crippen LogP contribution is -2.43. The van der Waals surface area contributed by atoms with Crippen LogP contribution in [0.3, 0.4) is 0 Å². The third-order valence-electron chi connectivity index (χ3n) is 4.29. The first-order valence-electron chi connectivity index (χ1n) is 7.90. The number of nitrogens with zero attached hydrogens (tertiary/aromatic N) is 3. The van der Waals surface area contributed by atoms with E-state index < -0.39 is 10.2 Å². The molecule has 1 N–H and O–H groups in total. The van der Waals surface area contributed by atoms with E-state index in [4.69, 9.17) is 5.26 Å². The molecular weight excluding hydrogens is 324 g/mol. The number of nitrogens with one attached hydrogen (secondary N) is 1. The maximum Gasteiger partial charge on any atom is 0.279 e. The van der Waals surface area contributed by atoms with Crippen LogP contribution in [0.15, 0.2) is 24.4 Å². The van der Waals surface area contributed by atoms with Gasteiger partial charge in [-0.2, -0.15) is 18.0 Å². The number of hydrogen-bond acceptors (Lipinski definition) is 3. The predicted octanol–water partition coefficient (Wildman–Crippen LogP) is 2.10. The highest BCUT2D eigenvalue weighted by molar-refractivity contribution is 7.87. The number of aromatic nitrogens is 1. The first-order valence-corrected chi connectivity index (χ1v) is 9.34. The fraction of sp³-hybridized carbons (Fsp3) is 0.471. The number of benzene rings is 1. The molecule has 2 aromatic rings. The third kappa shape index (κ3) is 3.96. The largest absolute Gasteiger partial charge is 0.350 e. The zero-order valence-corrected chi connectivity index (χ0v) is 15.4. The molecule has 0 aliphatic heterocycles. The molecule has 0 bridgehead atoms. The zero-order chi connectivity index (χ0) is 17.9. The molecule has 2 rings (SSSR count). The molecule has 1 heterocycles. The van der Waals surface area contributed by atoms with Crippen LogP contribution in [0, 0.1) is 18.3 Å². The highest BCUT2D eigenvalue weighted by Crippen LogP contribution is 2.22. The Morgan fingerprint density at radius 1 is 1.42 bits per heavy atom. The van der Waals surface area contributed by atoms with Crippen LogP contribution in [-0.4, -0.2) is 36.9 Å². The molecule has 130 valence electrons. The van der Waals surface area contributed by atoms with Crippen LogP contribution in [0.25, 0.3) is 10.9 Å². The lowest BCUT2D eigenvalue weighted by atomic mass is 10.1. The first kappa shape index (κ1) is 18.5. The van der Waals surface area contributed by atoms with Crippen molar-refractivity contribution >= 4 is 21.1 Å². The average molecular weight is 348 g/mol. The summed E-state index contributed by atoms with van der Waals surface area (Å²) in [5.74, 6) is 0. The molecule has 1 aromatic carbocycles. The van der Waals surface area contributed by atoms with Crippen molar-refractivity contribution in [3.8, 4) is 6.07 Å². The van der Waals surface area contributed by atoms with Crippen molar-refractivity contribution in [3.05, 3.63) is 35.5 Å². The molecule has 0 amide bonds. The summed E-state index contributed by atoms with van der Waals surface area (Å²) in [5.41, 5.74) is 3.46. The van der Waals surface area contributed by atoms with E-state index in [1.807, 2.05) is 19.3 Å². The topological polar surface area (TPSA) is 78.1 Å². The van der Waals surface area contributed by atoms with Crippen LogP contribution in [0.2, 0.25) is 0 Å². The smallest absolute Gasteiger partial charge is 0.279 e. The summed E-state index contributed by atoms with van der Waals surface area (Å²) < 4.78 is 30.4. The van der Waals surface area contributed by atoms with E-state index in [-0.39, 0.29) is 12.5 Å². The van der Waals surface area contributed by atoms with Crippen LogP contribution in [0.5, 0.6) is 0 Å². The van der Waals surface area contributed by atoms with Crippen molar-refractivity contribution in [2.24, 2.45) is 7.05 Å². The van der Waals surface area contributed by atoms with Crippen LogP contribution in [0.4, 0.5) is 0 Å².